The molecule has 0 radical (unpaired) electrons. The highest BCUT2D eigenvalue weighted by Gasteiger charge is 2.25. The van der Waals surface area contributed by atoms with Gasteiger partial charge in [0.15, 0.2) is 0 Å². The van der Waals surface area contributed by atoms with Crippen LogP contribution in [-0.4, -0.2) is 10.1 Å². The maximum absolute atomic E-state index is 11.0. The number of hydrogen-bond donors (Lipinski definition) is 1. The van der Waals surface area contributed by atoms with Crippen LogP contribution < -0.4 is 0 Å². The van der Waals surface area contributed by atoms with Crippen LogP contribution in [0.4, 0.5) is 0 Å². The van der Waals surface area contributed by atoms with E-state index in [0.29, 0.717) is 33.0 Å². The van der Waals surface area contributed by atoms with Crippen LogP contribution in [0, 0.1) is 11.3 Å². The fraction of sp³-hybridized carbons (Fsp3) is 0.0476. The first-order valence-electron chi connectivity index (χ1n) is 7.83. The van der Waals surface area contributed by atoms with Gasteiger partial charge in [-0.3, -0.25) is 4.98 Å². The van der Waals surface area contributed by atoms with Crippen LogP contribution in [0.2, 0.25) is 5.02 Å². The molecule has 0 bridgehead atoms. The number of aliphatic hydroxyl groups excluding tert-OH is 1. The van der Waals surface area contributed by atoms with Crippen molar-refractivity contribution in [3.63, 3.8) is 0 Å². The van der Waals surface area contributed by atoms with Gasteiger partial charge in [-0.15, -0.1) is 0 Å². The van der Waals surface area contributed by atoms with Crippen LogP contribution >= 0.6 is 11.6 Å². The molecule has 1 heterocycles. The molecule has 0 spiro atoms. The molecule has 0 saturated heterocycles. The van der Waals surface area contributed by atoms with Crippen LogP contribution in [-0.2, 0) is 0 Å². The summed E-state index contributed by atoms with van der Waals surface area (Å²) in [5.41, 5.74) is 4.95. The van der Waals surface area contributed by atoms with Gasteiger partial charge in [0, 0.05) is 27.9 Å². The first-order chi connectivity index (χ1) is 12.2. The highest BCUT2D eigenvalue weighted by Crippen LogP contribution is 2.38. The van der Waals surface area contributed by atoms with E-state index >= 15 is 0 Å². The Kier molecular flexibility index (Phi) is 3.85. The molecule has 0 saturated carbocycles. The number of benzene rings is 2. The predicted octanol–water partition coefficient (Wildman–Crippen LogP) is 4.84. The summed E-state index contributed by atoms with van der Waals surface area (Å²) >= 11 is 6.34. The molecule has 1 atom stereocenters. The van der Waals surface area contributed by atoms with Crippen molar-refractivity contribution in [2.24, 2.45) is 0 Å². The van der Waals surface area contributed by atoms with Gasteiger partial charge in [0.1, 0.15) is 6.10 Å². The zero-order valence-electron chi connectivity index (χ0n) is 13.1. The normalized spacial score (nSPS) is 15.0. The van der Waals surface area contributed by atoms with Crippen molar-refractivity contribution in [1.82, 2.24) is 4.98 Å². The Balaban J connectivity index is 1.92. The quantitative estimate of drug-likeness (QED) is 0.687. The SMILES string of the molecule is N#Cc1ccc(Cl)c2c1C=Cc1ncc(-c3ccccc3)cc1C2O. The van der Waals surface area contributed by atoms with Gasteiger partial charge in [0.2, 0.25) is 0 Å². The lowest BCUT2D eigenvalue weighted by Crippen LogP contribution is -2.06. The van der Waals surface area contributed by atoms with Gasteiger partial charge < -0.3 is 5.11 Å². The Bertz CT molecular complexity index is 1040. The molecule has 3 aromatic rings. The van der Waals surface area contributed by atoms with Crippen molar-refractivity contribution in [2.45, 2.75) is 6.10 Å². The molecule has 3 nitrogen and oxygen atoms in total. The molecule has 0 amide bonds. The molecule has 2 aromatic carbocycles. The molecule has 4 heteroatoms. The summed E-state index contributed by atoms with van der Waals surface area (Å²) in [6, 6.07) is 17.3. The second-order valence-electron chi connectivity index (χ2n) is 5.83. The zero-order valence-corrected chi connectivity index (χ0v) is 13.9. The van der Waals surface area contributed by atoms with Crippen molar-refractivity contribution < 1.29 is 5.11 Å². The van der Waals surface area contributed by atoms with E-state index in [1.54, 1.807) is 24.4 Å². The summed E-state index contributed by atoms with van der Waals surface area (Å²) < 4.78 is 0. The smallest absolute Gasteiger partial charge is 0.108 e. The monoisotopic (exact) mass is 344 g/mol. The van der Waals surface area contributed by atoms with Gasteiger partial charge in [0.05, 0.1) is 17.3 Å². The van der Waals surface area contributed by atoms with Gasteiger partial charge in [0.25, 0.3) is 0 Å². The van der Waals surface area contributed by atoms with Gasteiger partial charge in [-0.2, -0.15) is 5.26 Å². The first kappa shape index (κ1) is 15.6. The standard InChI is InChI=1S/C21H13ClN2O/c22-18-8-6-14(11-23)16-7-9-19-17(21(25)20(16)18)10-15(12-24-19)13-4-2-1-3-5-13/h1-10,12,21,25H. The Morgan fingerprint density at radius 1 is 1.04 bits per heavy atom. The van der Waals surface area contributed by atoms with E-state index in [1.165, 1.54) is 0 Å². The highest BCUT2D eigenvalue weighted by atomic mass is 35.5. The van der Waals surface area contributed by atoms with E-state index in [1.807, 2.05) is 42.5 Å². The Morgan fingerprint density at radius 3 is 2.60 bits per heavy atom. The van der Waals surface area contributed by atoms with Crippen LogP contribution in [0.25, 0.3) is 23.3 Å². The molecule has 25 heavy (non-hydrogen) atoms. The predicted molar refractivity (Wildman–Crippen MR) is 98.8 cm³/mol. The number of nitriles is 1. The van der Waals surface area contributed by atoms with Gasteiger partial charge in [-0.05, 0) is 35.4 Å². The third-order valence-corrected chi connectivity index (χ3v) is 4.72. The van der Waals surface area contributed by atoms with Crippen LogP contribution in [0.1, 0.15) is 34.1 Å². The fourth-order valence-electron chi connectivity index (χ4n) is 3.12. The minimum Gasteiger partial charge on any atom is -0.383 e. The number of fused-ring (bicyclic) bond motifs is 2. The third-order valence-electron chi connectivity index (χ3n) is 4.39. The Morgan fingerprint density at radius 2 is 1.84 bits per heavy atom. The van der Waals surface area contributed by atoms with E-state index in [2.05, 4.69) is 11.1 Å². The lowest BCUT2D eigenvalue weighted by atomic mass is 9.94. The summed E-state index contributed by atoms with van der Waals surface area (Å²) in [5, 5.41) is 20.8. The van der Waals surface area contributed by atoms with Crippen molar-refractivity contribution in [3.05, 3.63) is 87.7 Å². The molecule has 1 N–H and O–H groups in total. The summed E-state index contributed by atoms with van der Waals surface area (Å²) in [7, 11) is 0. The number of rotatable bonds is 1. The number of aromatic nitrogens is 1. The van der Waals surface area contributed by atoms with Crippen LogP contribution in [0.5, 0.6) is 0 Å². The first-order valence-corrected chi connectivity index (χ1v) is 8.21. The molecule has 1 aliphatic rings. The number of halogens is 1. The lowest BCUT2D eigenvalue weighted by Gasteiger charge is -2.17. The Hall–Kier alpha value is -2.93. The van der Waals surface area contributed by atoms with Crippen molar-refractivity contribution >= 4 is 23.8 Å². The Labute approximate surface area is 150 Å². The fourth-order valence-corrected chi connectivity index (χ4v) is 3.39. The summed E-state index contributed by atoms with van der Waals surface area (Å²) in [4.78, 5) is 4.50. The molecule has 0 fully saturated rings. The molecule has 0 aliphatic heterocycles. The molecule has 1 aliphatic carbocycles. The van der Waals surface area contributed by atoms with Crippen LogP contribution in [0.3, 0.4) is 0 Å². The van der Waals surface area contributed by atoms with E-state index < -0.39 is 6.10 Å². The van der Waals surface area contributed by atoms with Crippen LogP contribution in [0.15, 0.2) is 54.7 Å². The van der Waals surface area contributed by atoms with E-state index in [-0.39, 0.29) is 0 Å². The molecule has 1 unspecified atom stereocenters. The largest absolute Gasteiger partial charge is 0.383 e. The molecule has 4 rings (SSSR count). The lowest BCUT2D eigenvalue weighted by molar-refractivity contribution is 0.220. The maximum Gasteiger partial charge on any atom is 0.108 e. The summed E-state index contributed by atoms with van der Waals surface area (Å²) in [6.07, 6.45) is 4.45. The second-order valence-corrected chi connectivity index (χ2v) is 6.24. The van der Waals surface area contributed by atoms with Crippen molar-refractivity contribution in [1.29, 1.82) is 5.26 Å². The average molecular weight is 345 g/mol. The minimum absolute atomic E-state index is 0.434. The average Bonchev–Trinajstić information content (AvgIpc) is 2.80. The molecule has 1 aromatic heterocycles. The number of pyridine rings is 1. The maximum atomic E-state index is 11.0. The van der Waals surface area contributed by atoms with Gasteiger partial charge >= 0.3 is 0 Å². The van der Waals surface area contributed by atoms with Gasteiger partial charge in [-0.25, -0.2) is 0 Å². The summed E-state index contributed by atoms with van der Waals surface area (Å²) in [6.45, 7) is 0. The van der Waals surface area contributed by atoms with E-state index in [9.17, 15) is 10.4 Å². The number of aliphatic hydroxyl groups is 1. The van der Waals surface area contributed by atoms with E-state index in [4.69, 9.17) is 11.6 Å². The summed E-state index contributed by atoms with van der Waals surface area (Å²) in [5.74, 6) is 0. The molecular formula is C21H13ClN2O. The second kappa shape index (κ2) is 6.18. The number of nitrogens with zero attached hydrogens (tertiary/aromatic N) is 2. The highest BCUT2D eigenvalue weighted by molar-refractivity contribution is 6.31. The van der Waals surface area contributed by atoms with E-state index in [0.717, 1.165) is 11.1 Å². The molecular weight excluding hydrogens is 332 g/mol. The topological polar surface area (TPSA) is 56.9 Å². The van der Waals surface area contributed by atoms with Gasteiger partial charge in [-0.1, -0.05) is 48.0 Å². The molecule has 120 valence electrons. The minimum atomic E-state index is -0.947. The zero-order chi connectivity index (χ0) is 17.4. The third kappa shape index (κ3) is 2.62. The van der Waals surface area contributed by atoms with Crippen molar-refractivity contribution in [2.75, 3.05) is 0 Å². The number of hydrogen-bond acceptors (Lipinski definition) is 3. The van der Waals surface area contributed by atoms with Crippen molar-refractivity contribution in [3.8, 4) is 17.2 Å².